The van der Waals surface area contributed by atoms with Crippen molar-refractivity contribution < 1.29 is 9.53 Å². The third kappa shape index (κ3) is 4.57. The molecule has 2 fully saturated rings. The molecule has 1 atom stereocenters. The maximum absolute atomic E-state index is 12.8. The maximum Gasteiger partial charge on any atom is 0.263 e. The van der Waals surface area contributed by atoms with Gasteiger partial charge in [0.2, 0.25) is 0 Å². The van der Waals surface area contributed by atoms with Crippen LogP contribution < -0.4 is 5.32 Å². The summed E-state index contributed by atoms with van der Waals surface area (Å²) in [5.74, 6) is 0.710. The number of ether oxygens (including phenoxy) is 1. The van der Waals surface area contributed by atoms with Gasteiger partial charge < -0.3 is 15.0 Å². The van der Waals surface area contributed by atoms with Crippen LogP contribution in [0.2, 0.25) is 0 Å². The normalized spacial score (nSPS) is 21.4. The van der Waals surface area contributed by atoms with Gasteiger partial charge in [-0.1, -0.05) is 30.3 Å². The molecule has 27 heavy (non-hydrogen) atoms. The Kier molecular flexibility index (Phi) is 5.86. The van der Waals surface area contributed by atoms with Gasteiger partial charge in [-0.2, -0.15) is 0 Å². The molecular formula is C21H27N3O2S. The Morgan fingerprint density at radius 1 is 1.26 bits per heavy atom. The summed E-state index contributed by atoms with van der Waals surface area (Å²) in [5.41, 5.74) is 1.88. The minimum Gasteiger partial charge on any atom is -0.381 e. The Balaban J connectivity index is 1.31. The van der Waals surface area contributed by atoms with Gasteiger partial charge in [-0.3, -0.25) is 4.79 Å². The fourth-order valence-electron chi connectivity index (χ4n) is 3.91. The van der Waals surface area contributed by atoms with Gasteiger partial charge >= 0.3 is 0 Å². The van der Waals surface area contributed by atoms with E-state index in [1.807, 2.05) is 37.3 Å². The summed E-state index contributed by atoms with van der Waals surface area (Å²) < 4.78 is 5.48. The molecule has 0 aliphatic carbocycles. The number of nitrogens with one attached hydrogen (secondary N) is 1. The lowest BCUT2D eigenvalue weighted by atomic mass is 10.0. The molecule has 2 aliphatic heterocycles. The van der Waals surface area contributed by atoms with Gasteiger partial charge in [0.05, 0.1) is 12.3 Å². The Morgan fingerprint density at radius 3 is 2.74 bits per heavy atom. The molecule has 0 spiro atoms. The highest BCUT2D eigenvalue weighted by atomic mass is 32.1. The first kappa shape index (κ1) is 18.6. The van der Waals surface area contributed by atoms with Crippen LogP contribution in [0.5, 0.6) is 0 Å². The van der Waals surface area contributed by atoms with Crippen LogP contribution in [0.4, 0.5) is 0 Å². The van der Waals surface area contributed by atoms with Crippen molar-refractivity contribution in [2.75, 3.05) is 32.8 Å². The van der Waals surface area contributed by atoms with Gasteiger partial charge in [0, 0.05) is 37.8 Å². The van der Waals surface area contributed by atoms with Crippen LogP contribution in [0.15, 0.2) is 30.3 Å². The number of carbonyl (C=O) groups excluding carboxylic acids is 1. The molecule has 6 heteroatoms. The van der Waals surface area contributed by atoms with Gasteiger partial charge in [-0.25, -0.2) is 4.98 Å². The van der Waals surface area contributed by atoms with Crippen LogP contribution in [0.1, 0.15) is 34.6 Å². The van der Waals surface area contributed by atoms with Gasteiger partial charge in [0.15, 0.2) is 0 Å². The zero-order valence-corrected chi connectivity index (χ0v) is 16.6. The van der Waals surface area contributed by atoms with E-state index in [1.165, 1.54) is 17.8 Å². The monoisotopic (exact) mass is 385 g/mol. The number of piperidine rings is 1. The minimum atomic E-state index is 0.0230. The summed E-state index contributed by atoms with van der Waals surface area (Å²) in [6, 6.07) is 10.3. The summed E-state index contributed by atoms with van der Waals surface area (Å²) >= 11 is 1.48. The molecule has 2 aliphatic rings. The minimum absolute atomic E-state index is 0.0230. The Labute approximate surface area is 164 Å². The molecule has 4 rings (SSSR count). The summed E-state index contributed by atoms with van der Waals surface area (Å²) in [5, 5.41) is 4.14. The van der Waals surface area contributed by atoms with Crippen LogP contribution >= 0.6 is 11.3 Å². The number of hydrogen-bond acceptors (Lipinski definition) is 5. The second-order valence-corrected chi connectivity index (χ2v) is 8.58. The van der Waals surface area contributed by atoms with E-state index in [9.17, 15) is 4.79 Å². The number of thiazole rings is 1. The SMILES string of the molecule is Cc1nc(-c2ccccc2)sc1C(=O)NC1CCN(C[C@@H]2CCOC2)CC1. The highest BCUT2D eigenvalue weighted by Crippen LogP contribution is 2.28. The lowest BCUT2D eigenvalue weighted by Gasteiger charge is -2.33. The predicted molar refractivity (Wildman–Crippen MR) is 108 cm³/mol. The van der Waals surface area contributed by atoms with Crippen LogP contribution in [0, 0.1) is 12.8 Å². The first-order chi connectivity index (χ1) is 13.2. The molecule has 1 amide bonds. The van der Waals surface area contributed by atoms with E-state index in [-0.39, 0.29) is 11.9 Å². The zero-order valence-electron chi connectivity index (χ0n) is 15.8. The summed E-state index contributed by atoms with van der Waals surface area (Å²) in [4.78, 5) is 20.6. The molecule has 3 heterocycles. The van der Waals surface area contributed by atoms with Crippen molar-refractivity contribution in [3.8, 4) is 10.6 Å². The van der Waals surface area contributed by atoms with Crippen molar-refractivity contribution in [1.29, 1.82) is 0 Å². The molecule has 144 valence electrons. The second-order valence-electron chi connectivity index (χ2n) is 7.58. The average molecular weight is 386 g/mol. The summed E-state index contributed by atoms with van der Waals surface area (Å²) in [7, 11) is 0. The van der Waals surface area contributed by atoms with Gasteiger partial charge in [0.1, 0.15) is 9.88 Å². The number of hydrogen-bond donors (Lipinski definition) is 1. The third-order valence-corrected chi connectivity index (χ3v) is 6.69. The molecule has 0 radical (unpaired) electrons. The van der Waals surface area contributed by atoms with Crippen molar-refractivity contribution in [1.82, 2.24) is 15.2 Å². The molecule has 1 aromatic carbocycles. The van der Waals surface area contributed by atoms with Crippen molar-refractivity contribution in [2.24, 2.45) is 5.92 Å². The molecule has 1 N–H and O–H groups in total. The average Bonchev–Trinajstić information content (AvgIpc) is 3.34. The van der Waals surface area contributed by atoms with Gasteiger partial charge in [-0.05, 0) is 32.1 Å². The molecule has 2 saturated heterocycles. The Morgan fingerprint density at radius 2 is 2.04 bits per heavy atom. The first-order valence-corrected chi connectivity index (χ1v) is 10.6. The van der Waals surface area contributed by atoms with E-state index in [1.54, 1.807) is 0 Å². The van der Waals surface area contributed by atoms with Crippen molar-refractivity contribution in [3.05, 3.63) is 40.9 Å². The van der Waals surface area contributed by atoms with E-state index >= 15 is 0 Å². The Bertz CT molecular complexity index is 763. The first-order valence-electron chi connectivity index (χ1n) is 9.83. The van der Waals surface area contributed by atoms with Crippen molar-refractivity contribution >= 4 is 17.2 Å². The van der Waals surface area contributed by atoms with Crippen LogP contribution in [0.3, 0.4) is 0 Å². The van der Waals surface area contributed by atoms with E-state index in [4.69, 9.17) is 4.74 Å². The number of aryl methyl sites for hydroxylation is 1. The zero-order chi connectivity index (χ0) is 18.6. The summed E-state index contributed by atoms with van der Waals surface area (Å²) in [6.45, 7) is 6.98. The molecule has 2 aromatic rings. The predicted octanol–water partition coefficient (Wildman–Crippen LogP) is 3.35. The number of benzene rings is 1. The largest absolute Gasteiger partial charge is 0.381 e. The fraction of sp³-hybridized carbons (Fsp3) is 0.524. The third-order valence-electron chi connectivity index (χ3n) is 5.49. The van der Waals surface area contributed by atoms with Crippen molar-refractivity contribution in [2.45, 2.75) is 32.2 Å². The van der Waals surface area contributed by atoms with Crippen molar-refractivity contribution in [3.63, 3.8) is 0 Å². The van der Waals surface area contributed by atoms with Crippen LogP contribution in [-0.2, 0) is 4.74 Å². The topological polar surface area (TPSA) is 54.5 Å². The maximum atomic E-state index is 12.8. The fourth-order valence-corrected chi connectivity index (χ4v) is 4.89. The Hall–Kier alpha value is -1.76. The number of nitrogens with zero attached hydrogens (tertiary/aromatic N) is 2. The number of likely N-dealkylation sites (tertiary alicyclic amines) is 1. The summed E-state index contributed by atoms with van der Waals surface area (Å²) in [6.07, 6.45) is 3.22. The molecular weight excluding hydrogens is 358 g/mol. The molecule has 5 nitrogen and oxygen atoms in total. The van der Waals surface area contributed by atoms with E-state index in [0.717, 1.165) is 66.8 Å². The number of rotatable bonds is 5. The van der Waals surface area contributed by atoms with Gasteiger partial charge in [0.25, 0.3) is 5.91 Å². The number of amides is 1. The second kappa shape index (κ2) is 8.50. The lowest BCUT2D eigenvalue weighted by Crippen LogP contribution is -2.45. The molecule has 1 aromatic heterocycles. The van der Waals surface area contributed by atoms with E-state index < -0.39 is 0 Å². The lowest BCUT2D eigenvalue weighted by molar-refractivity contribution is 0.0906. The standard InChI is InChI=1S/C21H27N3O2S/c1-15-19(27-21(22-15)17-5-3-2-4-6-17)20(25)23-18-7-10-24(11-8-18)13-16-9-12-26-14-16/h2-6,16,18H,7-14H2,1H3,(H,23,25)/t16-/m0/s1. The smallest absolute Gasteiger partial charge is 0.263 e. The van der Waals surface area contributed by atoms with Crippen LogP contribution in [0.25, 0.3) is 10.6 Å². The molecule has 0 bridgehead atoms. The molecule has 0 unspecified atom stereocenters. The molecule has 0 saturated carbocycles. The van der Waals surface area contributed by atoms with Gasteiger partial charge in [-0.15, -0.1) is 11.3 Å². The van der Waals surface area contributed by atoms with Crippen LogP contribution in [-0.4, -0.2) is 54.7 Å². The number of carbonyl (C=O) groups is 1. The highest BCUT2D eigenvalue weighted by molar-refractivity contribution is 7.17. The van der Waals surface area contributed by atoms with E-state index in [2.05, 4.69) is 15.2 Å². The quantitative estimate of drug-likeness (QED) is 0.858. The van der Waals surface area contributed by atoms with E-state index in [0.29, 0.717) is 5.92 Å². The number of aromatic nitrogens is 1. The highest BCUT2D eigenvalue weighted by Gasteiger charge is 2.26.